The summed E-state index contributed by atoms with van der Waals surface area (Å²) in [4.78, 5) is 4.74. The van der Waals surface area contributed by atoms with Gasteiger partial charge in [-0.2, -0.15) is 0 Å². The van der Waals surface area contributed by atoms with Crippen LogP contribution >= 0.6 is 11.3 Å². The van der Waals surface area contributed by atoms with E-state index in [0.717, 1.165) is 10.5 Å². The summed E-state index contributed by atoms with van der Waals surface area (Å²) in [5.41, 5.74) is 3.77. The Bertz CT molecular complexity index is 715. The number of nitrogens with one attached hydrogen (secondary N) is 1. The topological polar surface area (TPSA) is 24.9 Å². The highest BCUT2D eigenvalue weighted by atomic mass is 32.1. The molecule has 0 spiro atoms. The monoisotopic (exact) mass is 296 g/mol. The van der Waals surface area contributed by atoms with E-state index in [1.807, 2.05) is 6.07 Å². The van der Waals surface area contributed by atoms with E-state index in [1.54, 1.807) is 11.3 Å². The van der Waals surface area contributed by atoms with Crippen LogP contribution in [0.15, 0.2) is 48.5 Å². The van der Waals surface area contributed by atoms with Crippen LogP contribution in [0, 0.1) is 6.92 Å². The Labute approximate surface area is 129 Å². The van der Waals surface area contributed by atoms with Crippen molar-refractivity contribution in [1.82, 2.24) is 10.3 Å². The van der Waals surface area contributed by atoms with E-state index >= 15 is 0 Å². The normalized spacial score (nSPS) is 14.2. The zero-order valence-electron chi connectivity index (χ0n) is 12.6. The third kappa shape index (κ3) is 2.99. The van der Waals surface area contributed by atoms with Gasteiger partial charge < -0.3 is 5.32 Å². The molecule has 3 aromatic rings. The highest BCUT2D eigenvalue weighted by Gasteiger charge is 2.15. The average Bonchev–Trinajstić information content (AvgIpc) is 2.91. The van der Waals surface area contributed by atoms with Gasteiger partial charge in [0.1, 0.15) is 5.01 Å². The molecule has 0 radical (unpaired) electrons. The molecule has 1 unspecified atom stereocenters. The summed E-state index contributed by atoms with van der Waals surface area (Å²) in [6, 6.07) is 17.4. The lowest BCUT2D eigenvalue weighted by atomic mass is 10.0. The van der Waals surface area contributed by atoms with Crippen LogP contribution in [-0.2, 0) is 0 Å². The summed E-state index contributed by atoms with van der Waals surface area (Å²) in [5, 5.41) is 4.81. The Hall–Kier alpha value is -1.71. The van der Waals surface area contributed by atoms with E-state index in [4.69, 9.17) is 4.98 Å². The average molecular weight is 296 g/mol. The third-order valence-electron chi connectivity index (χ3n) is 3.84. The van der Waals surface area contributed by atoms with Crippen LogP contribution < -0.4 is 5.32 Å². The van der Waals surface area contributed by atoms with Crippen LogP contribution in [0.2, 0.25) is 0 Å². The predicted molar refractivity (Wildman–Crippen MR) is 90.8 cm³/mol. The quantitative estimate of drug-likeness (QED) is 0.731. The van der Waals surface area contributed by atoms with Crippen LogP contribution in [0.5, 0.6) is 0 Å². The van der Waals surface area contributed by atoms with E-state index in [-0.39, 0.29) is 6.04 Å². The Morgan fingerprint density at radius 1 is 0.952 bits per heavy atom. The van der Waals surface area contributed by atoms with Crippen molar-refractivity contribution in [2.24, 2.45) is 0 Å². The lowest BCUT2D eigenvalue weighted by molar-refractivity contribution is 0.492. The lowest BCUT2D eigenvalue weighted by Gasteiger charge is -2.20. The number of hydrogen-bond donors (Lipinski definition) is 1. The van der Waals surface area contributed by atoms with E-state index in [2.05, 4.69) is 68.6 Å². The number of thiazole rings is 1. The second kappa shape index (κ2) is 5.96. The van der Waals surface area contributed by atoms with Crippen molar-refractivity contribution in [3.8, 4) is 0 Å². The SMILES string of the molecule is Cc1ccccc1[C@@H](C)NC(C)c1nc2ccccc2s1. The maximum absolute atomic E-state index is 4.74. The first kappa shape index (κ1) is 14.2. The number of nitrogens with zero attached hydrogens (tertiary/aromatic N) is 1. The minimum atomic E-state index is 0.247. The Kier molecular flexibility index (Phi) is 4.04. The van der Waals surface area contributed by atoms with Crippen molar-refractivity contribution in [3.63, 3.8) is 0 Å². The minimum absolute atomic E-state index is 0.247. The number of hydrogen-bond acceptors (Lipinski definition) is 3. The molecule has 3 heteroatoms. The molecular weight excluding hydrogens is 276 g/mol. The zero-order chi connectivity index (χ0) is 14.8. The predicted octanol–water partition coefficient (Wildman–Crippen LogP) is 5.02. The number of para-hydroxylation sites is 1. The molecule has 1 aromatic heterocycles. The van der Waals surface area contributed by atoms with E-state index in [9.17, 15) is 0 Å². The van der Waals surface area contributed by atoms with E-state index in [0.29, 0.717) is 6.04 Å². The fourth-order valence-electron chi connectivity index (χ4n) is 2.68. The summed E-state index contributed by atoms with van der Waals surface area (Å²) < 4.78 is 1.25. The van der Waals surface area contributed by atoms with Gasteiger partial charge in [0.15, 0.2) is 0 Å². The number of benzene rings is 2. The molecule has 0 aliphatic rings. The van der Waals surface area contributed by atoms with Crippen molar-refractivity contribution in [3.05, 3.63) is 64.7 Å². The second-order valence-electron chi connectivity index (χ2n) is 5.49. The molecule has 0 saturated carbocycles. The molecule has 0 aliphatic carbocycles. The molecule has 2 atom stereocenters. The smallest absolute Gasteiger partial charge is 0.111 e. The van der Waals surface area contributed by atoms with Crippen molar-refractivity contribution < 1.29 is 0 Å². The highest BCUT2D eigenvalue weighted by Crippen LogP contribution is 2.28. The Morgan fingerprint density at radius 2 is 1.67 bits per heavy atom. The molecular formula is C18H20N2S. The van der Waals surface area contributed by atoms with Gasteiger partial charge in [0, 0.05) is 6.04 Å². The maximum Gasteiger partial charge on any atom is 0.111 e. The van der Waals surface area contributed by atoms with E-state index in [1.165, 1.54) is 15.8 Å². The first-order valence-electron chi connectivity index (χ1n) is 7.32. The van der Waals surface area contributed by atoms with E-state index < -0.39 is 0 Å². The molecule has 1 heterocycles. The largest absolute Gasteiger partial charge is 0.302 e. The summed E-state index contributed by atoms with van der Waals surface area (Å²) >= 11 is 1.77. The van der Waals surface area contributed by atoms with Gasteiger partial charge in [0.05, 0.1) is 16.3 Å². The molecule has 108 valence electrons. The molecule has 3 rings (SSSR count). The molecule has 2 aromatic carbocycles. The first-order chi connectivity index (χ1) is 10.1. The lowest BCUT2D eigenvalue weighted by Crippen LogP contribution is -2.22. The molecule has 0 aliphatic heterocycles. The zero-order valence-corrected chi connectivity index (χ0v) is 13.4. The van der Waals surface area contributed by atoms with Crippen molar-refractivity contribution >= 4 is 21.6 Å². The summed E-state index contributed by atoms with van der Waals surface area (Å²) in [7, 11) is 0. The summed E-state index contributed by atoms with van der Waals surface area (Å²) in [5.74, 6) is 0. The van der Waals surface area contributed by atoms with Crippen LogP contribution in [0.3, 0.4) is 0 Å². The van der Waals surface area contributed by atoms with Crippen LogP contribution in [-0.4, -0.2) is 4.98 Å². The van der Waals surface area contributed by atoms with Gasteiger partial charge in [0.25, 0.3) is 0 Å². The van der Waals surface area contributed by atoms with Crippen molar-refractivity contribution in [1.29, 1.82) is 0 Å². The molecule has 0 saturated heterocycles. The minimum Gasteiger partial charge on any atom is -0.302 e. The second-order valence-corrected chi connectivity index (χ2v) is 6.55. The van der Waals surface area contributed by atoms with Crippen LogP contribution in [0.1, 0.15) is 42.1 Å². The highest BCUT2D eigenvalue weighted by molar-refractivity contribution is 7.18. The number of aryl methyl sites for hydroxylation is 1. The van der Waals surface area contributed by atoms with Gasteiger partial charge in [-0.15, -0.1) is 11.3 Å². The molecule has 0 fully saturated rings. The number of fused-ring (bicyclic) bond motifs is 1. The van der Waals surface area contributed by atoms with Gasteiger partial charge >= 0.3 is 0 Å². The first-order valence-corrected chi connectivity index (χ1v) is 8.14. The van der Waals surface area contributed by atoms with Crippen LogP contribution in [0.25, 0.3) is 10.2 Å². The van der Waals surface area contributed by atoms with Crippen LogP contribution in [0.4, 0.5) is 0 Å². The van der Waals surface area contributed by atoms with Crippen molar-refractivity contribution in [2.75, 3.05) is 0 Å². The molecule has 1 N–H and O–H groups in total. The fraction of sp³-hybridized carbons (Fsp3) is 0.278. The van der Waals surface area contributed by atoms with Gasteiger partial charge in [-0.1, -0.05) is 36.4 Å². The maximum atomic E-state index is 4.74. The molecule has 0 amide bonds. The molecule has 2 nitrogen and oxygen atoms in total. The Balaban J connectivity index is 1.79. The molecule has 0 bridgehead atoms. The van der Waals surface area contributed by atoms with Gasteiger partial charge in [-0.25, -0.2) is 4.98 Å². The third-order valence-corrected chi connectivity index (χ3v) is 5.05. The fourth-order valence-corrected chi connectivity index (χ4v) is 3.66. The number of rotatable bonds is 4. The van der Waals surface area contributed by atoms with Crippen molar-refractivity contribution in [2.45, 2.75) is 32.9 Å². The summed E-state index contributed by atoms with van der Waals surface area (Å²) in [6.45, 7) is 6.56. The molecule has 21 heavy (non-hydrogen) atoms. The Morgan fingerprint density at radius 3 is 2.43 bits per heavy atom. The standard InChI is InChI=1S/C18H20N2S/c1-12-8-4-5-9-15(12)13(2)19-14(3)18-20-16-10-6-7-11-17(16)21-18/h4-11,13-14,19H,1-3H3/t13-,14?/m1/s1. The number of aromatic nitrogens is 1. The summed E-state index contributed by atoms with van der Waals surface area (Å²) in [6.07, 6.45) is 0. The van der Waals surface area contributed by atoms with Gasteiger partial charge in [-0.3, -0.25) is 0 Å². The van der Waals surface area contributed by atoms with Gasteiger partial charge in [-0.05, 0) is 44.0 Å². The van der Waals surface area contributed by atoms with Gasteiger partial charge in [0.2, 0.25) is 0 Å².